The SMILES string of the molecule is CCN1CCN(c2ccc(F)cc2C(C)NC(=O)c2cc3ccccc3c(=O)[nH]2)CC1. The van der Waals surface area contributed by atoms with Gasteiger partial charge in [-0.05, 0) is 49.2 Å². The van der Waals surface area contributed by atoms with Crippen molar-refractivity contribution in [3.8, 4) is 0 Å². The van der Waals surface area contributed by atoms with Gasteiger partial charge in [-0.15, -0.1) is 0 Å². The van der Waals surface area contributed by atoms with Crippen LogP contribution in [0.3, 0.4) is 0 Å². The molecule has 7 heteroatoms. The Morgan fingerprint density at radius 3 is 2.61 bits per heavy atom. The Kier molecular flexibility index (Phi) is 6.04. The Morgan fingerprint density at radius 1 is 1.13 bits per heavy atom. The van der Waals surface area contributed by atoms with E-state index < -0.39 is 11.9 Å². The average molecular weight is 423 g/mol. The second-order valence-electron chi connectivity index (χ2n) is 7.92. The summed E-state index contributed by atoms with van der Waals surface area (Å²) in [6.07, 6.45) is 0. The number of nitrogens with one attached hydrogen (secondary N) is 2. The molecule has 162 valence electrons. The highest BCUT2D eigenvalue weighted by Gasteiger charge is 2.22. The molecular weight excluding hydrogens is 395 g/mol. The van der Waals surface area contributed by atoms with E-state index in [0.717, 1.165) is 44.0 Å². The van der Waals surface area contributed by atoms with Gasteiger partial charge in [-0.2, -0.15) is 0 Å². The zero-order valence-corrected chi connectivity index (χ0v) is 17.8. The predicted octanol–water partition coefficient (Wildman–Crippen LogP) is 3.30. The molecule has 1 fully saturated rings. The largest absolute Gasteiger partial charge is 0.369 e. The second-order valence-corrected chi connectivity index (χ2v) is 7.92. The van der Waals surface area contributed by atoms with Gasteiger partial charge in [0.05, 0.1) is 6.04 Å². The summed E-state index contributed by atoms with van der Waals surface area (Å²) >= 11 is 0. The maximum absolute atomic E-state index is 14.1. The molecule has 6 nitrogen and oxygen atoms in total. The third-order valence-electron chi connectivity index (χ3n) is 5.96. The lowest BCUT2D eigenvalue weighted by Gasteiger charge is -2.37. The Bertz CT molecular complexity index is 1150. The number of rotatable bonds is 5. The quantitative estimate of drug-likeness (QED) is 0.662. The second kappa shape index (κ2) is 8.89. The highest BCUT2D eigenvalue weighted by Crippen LogP contribution is 2.28. The Morgan fingerprint density at radius 2 is 1.87 bits per heavy atom. The van der Waals surface area contributed by atoms with Crippen molar-refractivity contribution < 1.29 is 9.18 Å². The highest BCUT2D eigenvalue weighted by molar-refractivity contribution is 5.96. The van der Waals surface area contributed by atoms with Crippen LogP contribution in [0.5, 0.6) is 0 Å². The van der Waals surface area contributed by atoms with Crippen LogP contribution in [0.2, 0.25) is 0 Å². The number of anilines is 1. The number of carbonyl (C=O) groups is 1. The van der Waals surface area contributed by atoms with Gasteiger partial charge in [0.15, 0.2) is 0 Å². The zero-order chi connectivity index (χ0) is 22.0. The number of H-pyrrole nitrogens is 1. The van der Waals surface area contributed by atoms with Crippen molar-refractivity contribution in [3.05, 3.63) is 76.0 Å². The number of hydrogen-bond donors (Lipinski definition) is 2. The van der Waals surface area contributed by atoms with Crippen LogP contribution in [0.25, 0.3) is 10.8 Å². The fourth-order valence-corrected chi connectivity index (χ4v) is 4.15. The van der Waals surface area contributed by atoms with E-state index in [1.807, 2.05) is 13.0 Å². The molecule has 1 atom stereocenters. The molecule has 1 aliphatic rings. The van der Waals surface area contributed by atoms with Gasteiger partial charge < -0.3 is 20.1 Å². The number of benzene rings is 2. The van der Waals surface area contributed by atoms with E-state index in [4.69, 9.17) is 0 Å². The minimum absolute atomic E-state index is 0.185. The average Bonchev–Trinajstić information content (AvgIpc) is 2.79. The minimum Gasteiger partial charge on any atom is -0.369 e. The molecule has 31 heavy (non-hydrogen) atoms. The lowest BCUT2D eigenvalue weighted by Crippen LogP contribution is -2.46. The minimum atomic E-state index is -0.433. The first-order valence-corrected chi connectivity index (χ1v) is 10.7. The molecule has 1 unspecified atom stereocenters. The molecule has 1 aliphatic heterocycles. The number of piperazine rings is 1. The van der Waals surface area contributed by atoms with E-state index in [1.54, 1.807) is 30.3 Å². The van der Waals surface area contributed by atoms with Crippen LogP contribution >= 0.6 is 0 Å². The number of fused-ring (bicyclic) bond motifs is 1. The van der Waals surface area contributed by atoms with E-state index >= 15 is 0 Å². The van der Waals surface area contributed by atoms with Gasteiger partial charge in [0, 0.05) is 42.8 Å². The molecule has 4 rings (SSSR count). The van der Waals surface area contributed by atoms with Crippen molar-refractivity contribution in [3.63, 3.8) is 0 Å². The van der Waals surface area contributed by atoms with Crippen molar-refractivity contribution in [2.24, 2.45) is 0 Å². The number of aromatic nitrogens is 1. The molecule has 2 N–H and O–H groups in total. The lowest BCUT2D eigenvalue weighted by molar-refractivity contribution is 0.0934. The number of amides is 1. The van der Waals surface area contributed by atoms with Gasteiger partial charge >= 0.3 is 0 Å². The van der Waals surface area contributed by atoms with Crippen LogP contribution in [-0.2, 0) is 0 Å². The lowest BCUT2D eigenvalue weighted by atomic mass is 10.0. The van der Waals surface area contributed by atoms with Crippen LogP contribution in [0.15, 0.2) is 53.3 Å². The molecule has 2 aromatic carbocycles. The van der Waals surface area contributed by atoms with Crippen LogP contribution in [-0.4, -0.2) is 48.5 Å². The molecule has 1 amide bonds. The van der Waals surface area contributed by atoms with E-state index in [2.05, 4.69) is 27.0 Å². The summed E-state index contributed by atoms with van der Waals surface area (Å²) in [6.45, 7) is 8.60. The van der Waals surface area contributed by atoms with Gasteiger partial charge in [0.25, 0.3) is 11.5 Å². The topological polar surface area (TPSA) is 68.4 Å². The van der Waals surface area contributed by atoms with Crippen molar-refractivity contribution in [2.45, 2.75) is 19.9 Å². The van der Waals surface area contributed by atoms with Crippen molar-refractivity contribution in [2.75, 3.05) is 37.6 Å². The number of halogens is 1. The van der Waals surface area contributed by atoms with Crippen LogP contribution < -0.4 is 15.8 Å². The third-order valence-corrected chi connectivity index (χ3v) is 5.96. The standard InChI is InChI=1S/C24H27FN4O2/c1-3-28-10-12-29(13-11-28)22-9-8-18(25)15-20(22)16(2)26-24(31)21-14-17-6-4-5-7-19(17)23(30)27-21/h4-9,14-16H,3,10-13H2,1-2H3,(H,26,31)(H,27,30). The van der Waals surface area contributed by atoms with Gasteiger partial charge in [0.2, 0.25) is 0 Å². The molecule has 0 saturated carbocycles. The zero-order valence-electron chi connectivity index (χ0n) is 17.8. The fourth-order valence-electron chi connectivity index (χ4n) is 4.15. The molecule has 0 aliphatic carbocycles. The normalized spacial score (nSPS) is 15.8. The van der Waals surface area contributed by atoms with Crippen molar-refractivity contribution >= 4 is 22.4 Å². The monoisotopic (exact) mass is 422 g/mol. The van der Waals surface area contributed by atoms with E-state index in [-0.39, 0.29) is 17.1 Å². The van der Waals surface area contributed by atoms with Gasteiger partial charge in [0.1, 0.15) is 11.5 Å². The maximum Gasteiger partial charge on any atom is 0.268 e. The van der Waals surface area contributed by atoms with Crippen molar-refractivity contribution in [1.82, 2.24) is 15.2 Å². The summed E-state index contributed by atoms with van der Waals surface area (Å²) in [5.74, 6) is -0.743. The van der Waals surface area contributed by atoms with Crippen molar-refractivity contribution in [1.29, 1.82) is 0 Å². The molecule has 0 bridgehead atoms. The smallest absolute Gasteiger partial charge is 0.268 e. The van der Waals surface area contributed by atoms with Crippen LogP contribution in [0.4, 0.5) is 10.1 Å². The number of likely N-dealkylation sites (N-methyl/N-ethyl adjacent to an activating group) is 1. The maximum atomic E-state index is 14.1. The number of carbonyl (C=O) groups excluding carboxylic acids is 1. The summed E-state index contributed by atoms with van der Waals surface area (Å²) in [6, 6.07) is 13.1. The van der Waals surface area contributed by atoms with Gasteiger partial charge in [-0.3, -0.25) is 9.59 Å². The summed E-state index contributed by atoms with van der Waals surface area (Å²) in [7, 11) is 0. The number of nitrogens with zero attached hydrogens (tertiary/aromatic N) is 2. The van der Waals surface area contributed by atoms with Gasteiger partial charge in [-0.25, -0.2) is 4.39 Å². The van der Waals surface area contributed by atoms with Crippen LogP contribution in [0.1, 0.15) is 35.9 Å². The van der Waals surface area contributed by atoms with Crippen LogP contribution in [0, 0.1) is 5.82 Å². The summed E-state index contributed by atoms with van der Waals surface area (Å²) < 4.78 is 14.1. The molecule has 0 spiro atoms. The number of aromatic amines is 1. The predicted molar refractivity (Wildman–Crippen MR) is 121 cm³/mol. The van der Waals surface area contributed by atoms with E-state index in [0.29, 0.717) is 10.8 Å². The molecular formula is C24H27FN4O2. The summed E-state index contributed by atoms with van der Waals surface area (Å²) in [5.41, 5.74) is 1.53. The molecule has 3 aromatic rings. The Labute approximate surface area is 180 Å². The Balaban J connectivity index is 1.57. The first-order chi connectivity index (χ1) is 15.0. The first kappa shape index (κ1) is 21.1. The fraction of sp³-hybridized carbons (Fsp3) is 0.333. The highest BCUT2D eigenvalue weighted by atomic mass is 19.1. The molecule has 1 saturated heterocycles. The van der Waals surface area contributed by atoms with E-state index in [1.165, 1.54) is 12.1 Å². The summed E-state index contributed by atoms with van der Waals surface area (Å²) in [5, 5.41) is 4.15. The first-order valence-electron chi connectivity index (χ1n) is 10.7. The Hall–Kier alpha value is -3.19. The molecule has 1 aromatic heterocycles. The van der Waals surface area contributed by atoms with Gasteiger partial charge in [-0.1, -0.05) is 25.1 Å². The van der Waals surface area contributed by atoms with E-state index in [9.17, 15) is 14.0 Å². The summed E-state index contributed by atoms with van der Waals surface area (Å²) in [4.78, 5) is 32.5. The molecule has 0 radical (unpaired) electrons. The third kappa shape index (κ3) is 4.46. The number of pyridine rings is 1. The molecule has 2 heterocycles. The number of hydrogen-bond acceptors (Lipinski definition) is 4.